The Hall–Kier alpha value is -5.13. The molecular weight excluding hydrogens is 534 g/mol. The van der Waals surface area contributed by atoms with E-state index in [9.17, 15) is 18.7 Å². The number of halogens is 2. The van der Waals surface area contributed by atoms with Gasteiger partial charge >= 0.3 is 5.97 Å². The summed E-state index contributed by atoms with van der Waals surface area (Å²) < 4.78 is 42.2. The number of carboxylic acid groups (broad SMARTS) is 1. The number of aromatic nitrogens is 5. The molecule has 12 heteroatoms. The molecule has 0 bridgehead atoms. The molecular formula is C29H26F2N6O4. The Morgan fingerprint density at radius 3 is 2.51 bits per heavy atom. The Kier molecular flexibility index (Phi) is 7.99. The fourth-order valence-corrected chi connectivity index (χ4v) is 4.24. The summed E-state index contributed by atoms with van der Waals surface area (Å²) in [5, 5.41) is 17.9. The van der Waals surface area contributed by atoms with E-state index in [0.29, 0.717) is 22.3 Å². The minimum atomic E-state index is -1.12. The van der Waals surface area contributed by atoms with Gasteiger partial charge in [0.25, 0.3) is 0 Å². The SMILES string of the molecule is CCOc1cc(F)c(Cn2nc(-c3ncc(OC(CC)C(=O)O)c(Nc4ccncc4)n3)c3ccccc32)c(F)c1. The molecule has 0 aliphatic rings. The molecule has 3 heterocycles. The molecule has 0 aliphatic carbocycles. The van der Waals surface area contributed by atoms with Crippen molar-refractivity contribution in [3.05, 3.63) is 84.3 Å². The van der Waals surface area contributed by atoms with E-state index in [1.54, 1.807) is 56.6 Å². The molecule has 2 aromatic carbocycles. The Balaban J connectivity index is 1.57. The molecule has 1 unspecified atom stereocenters. The molecule has 5 rings (SSSR count). The van der Waals surface area contributed by atoms with Crippen molar-refractivity contribution in [2.45, 2.75) is 32.9 Å². The van der Waals surface area contributed by atoms with Gasteiger partial charge in [-0.2, -0.15) is 5.10 Å². The summed E-state index contributed by atoms with van der Waals surface area (Å²) in [6.45, 7) is 3.51. The van der Waals surface area contributed by atoms with Gasteiger partial charge in [0, 0.05) is 41.2 Å². The van der Waals surface area contributed by atoms with Gasteiger partial charge in [0.2, 0.25) is 0 Å². The van der Waals surface area contributed by atoms with Gasteiger partial charge in [-0.25, -0.2) is 23.5 Å². The third-order valence-electron chi connectivity index (χ3n) is 6.22. The first-order valence-corrected chi connectivity index (χ1v) is 12.9. The summed E-state index contributed by atoms with van der Waals surface area (Å²) in [5.74, 6) is -1.98. The summed E-state index contributed by atoms with van der Waals surface area (Å²) >= 11 is 0. The average Bonchev–Trinajstić information content (AvgIpc) is 3.33. The second kappa shape index (κ2) is 11.9. The lowest BCUT2D eigenvalue weighted by atomic mass is 10.1. The predicted molar refractivity (Wildman–Crippen MR) is 147 cm³/mol. The van der Waals surface area contributed by atoms with Gasteiger partial charge in [0.1, 0.15) is 23.1 Å². The highest BCUT2D eigenvalue weighted by molar-refractivity contribution is 5.92. The molecule has 0 fully saturated rings. The fourth-order valence-electron chi connectivity index (χ4n) is 4.24. The van der Waals surface area contributed by atoms with Crippen LogP contribution in [-0.2, 0) is 11.3 Å². The molecule has 3 aromatic heterocycles. The lowest BCUT2D eigenvalue weighted by Gasteiger charge is -2.16. The highest BCUT2D eigenvalue weighted by Crippen LogP contribution is 2.32. The molecule has 2 N–H and O–H groups in total. The molecule has 0 radical (unpaired) electrons. The second-order valence-corrected chi connectivity index (χ2v) is 8.94. The van der Waals surface area contributed by atoms with Gasteiger partial charge in [-0.3, -0.25) is 9.67 Å². The normalized spacial score (nSPS) is 11.8. The summed E-state index contributed by atoms with van der Waals surface area (Å²) in [4.78, 5) is 24.7. The van der Waals surface area contributed by atoms with E-state index in [0.717, 1.165) is 12.1 Å². The van der Waals surface area contributed by atoms with E-state index in [1.165, 1.54) is 10.9 Å². The maximum Gasteiger partial charge on any atom is 0.344 e. The van der Waals surface area contributed by atoms with Crippen molar-refractivity contribution in [1.29, 1.82) is 0 Å². The first kappa shape index (κ1) is 27.4. The van der Waals surface area contributed by atoms with E-state index >= 15 is 0 Å². The molecule has 0 aliphatic heterocycles. The number of ether oxygens (including phenoxy) is 2. The number of carbonyl (C=O) groups is 1. The molecule has 10 nitrogen and oxygen atoms in total. The zero-order valence-electron chi connectivity index (χ0n) is 22.2. The number of anilines is 2. The van der Waals surface area contributed by atoms with Crippen LogP contribution in [0.5, 0.6) is 11.5 Å². The maximum absolute atomic E-state index is 14.9. The van der Waals surface area contributed by atoms with Crippen molar-refractivity contribution in [2.24, 2.45) is 0 Å². The zero-order chi connectivity index (χ0) is 28.9. The van der Waals surface area contributed by atoms with Crippen LogP contribution in [0, 0.1) is 11.6 Å². The van der Waals surface area contributed by atoms with Crippen LogP contribution < -0.4 is 14.8 Å². The summed E-state index contributed by atoms with van der Waals surface area (Å²) in [6.07, 6.45) is 3.66. The monoisotopic (exact) mass is 560 g/mol. The maximum atomic E-state index is 14.9. The van der Waals surface area contributed by atoms with Crippen LogP contribution in [0.2, 0.25) is 0 Å². The third kappa shape index (κ3) is 5.91. The van der Waals surface area contributed by atoms with Gasteiger partial charge in [-0.05, 0) is 31.5 Å². The van der Waals surface area contributed by atoms with Crippen molar-refractivity contribution in [1.82, 2.24) is 24.7 Å². The number of benzene rings is 2. The quantitative estimate of drug-likeness (QED) is 0.212. The lowest BCUT2D eigenvalue weighted by Crippen LogP contribution is -2.26. The minimum absolute atomic E-state index is 0.107. The van der Waals surface area contributed by atoms with Crippen LogP contribution in [0.4, 0.5) is 20.3 Å². The van der Waals surface area contributed by atoms with Gasteiger partial charge in [-0.15, -0.1) is 0 Å². The van der Waals surface area contributed by atoms with Crippen LogP contribution >= 0.6 is 0 Å². The second-order valence-electron chi connectivity index (χ2n) is 8.94. The molecule has 0 amide bonds. The Labute approximate surface area is 233 Å². The number of nitrogens with zero attached hydrogens (tertiary/aromatic N) is 5. The number of fused-ring (bicyclic) bond motifs is 1. The molecule has 41 heavy (non-hydrogen) atoms. The van der Waals surface area contributed by atoms with E-state index in [2.05, 4.69) is 25.4 Å². The number of aliphatic carboxylic acids is 1. The molecule has 210 valence electrons. The number of rotatable bonds is 11. The molecule has 0 spiro atoms. The van der Waals surface area contributed by atoms with Gasteiger partial charge in [-0.1, -0.05) is 25.1 Å². The topological polar surface area (TPSA) is 124 Å². The summed E-state index contributed by atoms with van der Waals surface area (Å²) in [7, 11) is 0. The Bertz CT molecular complexity index is 1670. The standard InChI is InChI=1S/C29H26F2N6O4/c1-3-24(29(38)39)41-25-15-33-28(35-27(25)34-17-9-11-32-12-10-17)26-19-7-5-6-8-23(19)37(36-26)16-20-21(30)13-18(40-4-2)14-22(20)31/h5-15,24H,3-4,16H2,1-2H3,(H,38,39)(H,32,33,34,35). The summed E-state index contributed by atoms with van der Waals surface area (Å²) in [5.41, 5.74) is 1.44. The van der Waals surface area contributed by atoms with E-state index in [4.69, 9.17) is 9.47 Å². The van der Waals surface area contributed by atoms with E-state index in [1.807, 2.05) is 6.07 Å². The minimum Gasteiger partial charge on any atom is -0.494 e. The van der Waals surface area contributed by atoms with Crippen LogP contribution in [0.3, 0.4) is 0 Å². The molecule has 5 aromatic rings. The van der Waals surface area contributed by atoms with Gasteiger partial charge < -0.3 is 19.9 Å². The average molecular weight is 561 g/mol. The Morgan fingerprint density at radius 2 is 1.83 bits per heavy atom. The van der Waals surface area contributed by atoms with E-state index < -0.39 is 23.7 Å². The largest absolute Gasteiger partial charge is 0.494 e. The van der Waals surface area contributed by atoms with Crippen LogP contribution in [0.15, 0.2) is 67.1 Å². The summed E-state index contributed by atoms with van der Waals surface area (Å²) in [6, 6.07) is 12.9. The number of nitrogens with one attached hydrogen (secondary N) is 1. The van der Waals surface area contributed by atoms with Gasteiger partial charge in [0.15, 0.2) is 23.5 Å². The molecule has 0 saturated heterocycles. The van der Waals surface area contributed by atoms with Crippen molar-refractivity contribution in [2.75, 3.05) is 11.9 Å². The number of para-hydroxylation sites is 1. The van der Waals surface area contributed by atoms with Crippen LogP contribution in [0.25, 0.3) is 22.4 Å². The van der Waals surface area contributed by atoms with Crippen molar-refractivity contribution >= 4 is 28.4 Å². The Morgan fingerprint density at radius 1 is 1.10 bits per heavy atom. The van der Waals surface area contributed by atoms with Crippen molar-refractivity contribution < 1.29 is 28.2 Å². The van der Waals surface area contributed by atoms with Crippen molar-refractivity contribution in [3.63, 3.8) is 0 Å². The van der Waals surface area contributed by atoms with Crippen molar-refractivity contribution in [3.8, 4) is 23.0 Å². The third-order valence-corrected chi connectivity index (χ3v) is 6.22. The first-order valence-electron chi connectivity index (χ1n) is 12.9. The molecule has 0 saturated carbocycles. The predicted octanol–water partition coefficient (Wildman–Crippen LogP) is 5.60. The van der Waals surface area contributed by atoms with Crippen LogP contribution in [-0.4, -0.2) is 48.5 Å². The van der Waals surface area contributed by atoms with Crippen LogP contribution in [0.1, 0.15) is 25.8 Å². The highest BCUT2D eigenvalue weighted by atomic mass is 19.1. The zero-order valence-corrected chi connectivity index (χ0v) is 22.2. The number of hydrogen-bond donors (Lipinski definition) is 2. The smallest absolute Gasteiger partial charge is 0.344 e. The lowest BCUT2D eigenvalue weighted by molar-refractivity contribution is -0.145. The number of hydrogen-bond acceptors (Lipinski definition) is 8. The number of carboxylic acids is 1. The molecule has 1 atom stereocenters. The first-order chi connectivity index (χ1) is 19.9. The van der Waals surface area contributed by atoms with Gasteiger partial charge in [0.05, 0.1) is 24.9 Å². The highest BCUT2D eigenvalue weighted by Gasteiger charge is 2.23. The van der Waals surface area contributed by atoms with E-state index in [-0.39, 0.29) is 48.3 Å². The fraction of sp³-hybridized carbons (Fsp3) is 0.207. The number of pyridine rings is 1.